The molecule has 0 bridgehead atoms. The summed E-state index contributed by atoms with van der Waals surface area (Å²) in [6.45, 7) is 11.6. The van der Waals surface area contributed by atoms with Crippen molar-refractivity contribution in [3.63, 3.8) is 0 Å². The quantitative estimate of drug-likeness (QED) is 0.350. The third-order valence-corrected chi connectivity index (χ3v) is 4.50. The van der Waals surface area contributed by atoms with Crippen LogP contribution < -0.4 is 0 Å². The smallest absolute Gasteiger partial charge is 0.283 e. The maximum absolute atomic E-state index is 12.3. The van der Waals surface area contributed by atoms with Crippen LogP contribution in [0.2, 0.25) is 0 Å². The van der Waals surface area contributed by atoms with Gasteiger partial charge < -0.3 is 0 Å². The molecule has 0 spiro atoms. The van der Waals surface area contributed by atoms with Crippen molar-refractivity contribution in [2.24, 2.45) is 5.41 Å². The van der Waals surface area contributed by atoms with Gasteiger partial charge in [0.25, 0.3) is 0 Å². The predicted molar refractivity (Wildman–Crippen MR) is 75.1 cm³/mol. The number of halogens is 1. The standard InChI is InChI=1S/C12H20ClO5P/c1-6-8-16-19(15,17-9-7-2)18-10(3)12(4,5)11(13)14/h6-7,10H,1-2,8-9H2,3-5H3. The summed E-state index contributed by atoms with van der Waals surface area (Å²) in [5.41, 5.74) is -1.02. The molecule has 0 aliphatic carbocycles. The van der Waals surface area contributed by atoms with Crippen LogP contribution in [0.15, 0.2) is 25.3 Å². The number of carbonyl (C=O) groups is 1. The first-order valence-corrected chi connectivity index (χ1v) is 7.52. The monoisotopic (exact) mass is 310 g/mol. The molecule has 1 unspecified atom stereocenters. The second-order valence-corrected chi connectivity index (χ2v) is 6.32. The molecule has 0 aromatic rings. The Morgan fingerprint density at radius 1 is 1.32 bits per heavy atom. The van der Waals surface area contributed by atoms with Crippen molar-refractivity contribution in [2.45, 2.75) is 26.9 Å². The summed E-state index contributed by atoms with van der Waals surface area (Å²) in [5, 5.41) is -0.598. The number of hydrogen-bond donors (Lipinski definition) is 0. The van der Waals surface area contributed by atoms with E-state index in [0.717, 1.165) is 0 Å². The predicted octanol–water partition coefficient (Wildman–Crippen LogP) is 3.70. The van der Waals surface area contributed by atoms with Gasteiger partial charge in [0.15, 0.2) is 0 Å². The van der Waals surface area contributed by atoms with Gasteiger partial charge in [-0.15, -0.1) is 13.2 Å². The molecular weight excluding hydrogens is 291 g/mol. The summed E-state index contributed by atoms with van der Waals surface area (Å²) in [7, 11) is -3.80. The molecule has 0 amide bonds. The van der Waals surface area contributed by atoms with Crippen LogP contribution >= 0.6 is 19.4 Å². The highest BCUT2D eigenvalue weighted by Gasteiger charge is 2.39. The van der Waals surface area contributed by atoms with Gasteiger partial charge in [-0.25, -0.2) is 4.57 Å². The number of phosphoric acid groups is 1. The minimum Gasteiger partial charge on any atom is -0.283 e. The zero-order valence-corrected chi connectivity index (χ0v) is 13.1. The summed E-state index contributed by atoms with van der Waals surface area (Å²) in [4.78, 5) is 11.3. The van der Waals surface area contributed by atoms with Gasteiger partial charge in [-0.3, -0.25) is 18.4 Å². The molecule has 19 heavy (non-hydrogen) atoms. The van der Waals surface area contributed by atoms with Crippen molar-refractivity contribution in [1.82, 2.24) is 0 Å². The highest BCUT2D eigenvalue weighted by Crippen LogP contribution is 2.52. The van der Waals surface area contributed by atoms with E-state index in [0.29, 0.717) is 0 Å². The Bertz CT molecular complexity index is 364. The number of phosphoric ester groups is 1. The lowest BCUT2D eigenvalue weighted by atomic mass is 9.89. The molecule has 0 N–H and O–H groups in total. The first kappa shape index (κ1) is 18.6. The lowest BCUT2D eigenvalue weighted by molar-refractivity contribution is -0.123. The van der Waals surface area contributed by atoms with Gasteiger partial charge in [0, 0.05) is 0 Å². The van der Waals surface area contributed by atoms with E-state index >= 15 is 0 Å². The van der Waals surface area contributed by atoms with Gasteiger partial charge in [-0.1, -0.05) is 12.2 Å². The molecule has 0 aromatic carbocycles. The summed E-state index contributed by atoms with van der Waals surface area (Å²) in [6, 6.07) is 0. The largest absolute Gasteiger partial charge is 0.475 e. The van der Waals surface area contributed by atoms with E-state index in [2.05, 4.69) is 13.2 Å². The number of hydrogen-bond acceptors (Lipinski definition) is 5. The summed E-state index contributed by atoms with van der Waals surface area (Å²) < 4.78 is 27.6. The fourth-order valence-electron chi connectivity index (χ4n) is 0.871. The Morgan fingerprint density at radius 3 is 2.05 bits per heavy atom. The molecule has 5 nitrogen and oxygen atoms in total. The van der Waals surface area contributed by atoms with Crippen molar-refractivity contribution < 1.29 is 22.9 Å². The molecule has 7 heteroatoms. The third-order valence-electron chi connectivity index (χ3n) is 2.51. The van der Waals surface area contributed by atoms with Crippen LogP contribution in [0.1, 0.15) is 20.8 Å². The van der Waals surface area contributed by atoms with Gasteiger partial charge in [0.05, 0.1) is 24.7 Å². The molecular formula is C12H20ClO5P. The lowest BCUT2D eigenvalue weighted by Crippen LogP contribution is -2.34. The molecule has 0 aliphatic heterocycles. The van der Waals surface area contributed by atoms with Crippen molar-refractivity contribution in [2.75, 3.05) is 13.2 Å². The van der Waals surface area contributed by atoms with Gasteiger partial charge in [0.2, 0.25) is 5.24 Å². The molecule has 0 saturated carbocycles. The van der Waals surface area contributed by atoms with Crippen molar-refractivity contribution in [3.05, 3.63) is 25.3 Å². The van der Waals surface area contributed by atoms with Crippen LogP contribution in [0.4, 0.5) is 0 Å². The van der Waals surface area contributed by atoms with Crippen LogP contribution in [0, 0.1) is 5.41 Å². The Labute approximate surface area is 119 Å². The van der Waals surface area contributed by atoms with Gasteiger partial charge in [0.1, 0.15) is 0 Å². The second-order valence-electron chi connectivity index (χ2n) is 4.36. The van der Waals surface area contributed by atoms with E-state index in [1.165, 1.54) is 12.2 Å². The molecule has 1 atom stereocenters. The molecule has 0 heterocycles. The van der Waals surface area contributed by atoms with Gasteiger partial charge in [-0.2, -0.15) is 0 Å². The minimum atomic E-state index is -3.80. The number of rotatable bonds is 10. The van der Waals surface area contributed by atoms with Crippen LogP contribution in [-0.4, -0.2) is 24.6 Å². The normalized spacial score (nSPS) is 13.9. The van der Waals surface area contributed by atoms with Gasteiger partial charge >= 0.3 is 7.82 Å². The highest BCUT2D eigenvalue weighted by atomic mass is 35.5. The third kappa shape index (κ3) is 6.02. The van der Waals surface area contributed by atoms with E-state index < -0.39 is 24.6 Å². The maximum atomic E-state index is 12.3. The average molecular weight is 311 g/mol. The van der Waals surface area contributed by atoms with Crippen molar-refractivity contribution >= 4 is 24.7 Å². The molecule has 0 aliphatic rings. The van der Waals surface area contributed by atoms with Crippen LogP contribution in [0.3, 0.4) is 0 Å². The zero-order chi connectivity index (χ0) is 15.1. The zero-order valence-electron chi connectivity index (χ0n) is 11.4. The number of carbonyl (C=O) groups excluding carboxylic acids is 1. The van der Waals surface area contributed by atoms with Gasteiger partial charge in [-0.05, 0) is 32.4 Å². The molecule has 110 valence electrons. The summed E-state index contributed by atoms with van der Waals surface area (Å²) in [6.07, 6.45) is 2.07. The van der Waals surface area contributed by atoms with E-state index in [4.69, 9.17) is 25.2 Å². The fourth-order valence-corrected chi connectivity index (χ4v) is 2.45. The van der Waals surface area contributed by atoms with E-state index in [-0.39, 0.29) is 13.2 Å². The van der Waals surface area contributed by atoms with E-state index in [1.807, 2.05) is 0 Å². The molecule has 0 radical (unpaired) electrons. The minimum absolute atomic E-state index is 0.00358. The summed E-state index contributed by atoms with van der Waals surface area (Å²) >= 11 is 5.48. The van der Waals surface area contributed by atoms with Crippen LogP contribution in [-0.2, 0) is 22.9 Å². The topological polar surface area (TPSA) is 61.8 Å². The van der Waals surface area contributed by atoms with Crippen molar-refractivity contribution in [1.29, 1.82) is 0 Å². The first-order valence-electron chi connectivity index (χ1n) is 5.69. The summed E-state index contributed by atoms with van der Waals surface area (Å²) in [5.74, 6) is 0. The highest BCUT2D eigenvalue weighted by molar-refractivity contribution is 7.48. The SMILES string of the molecule is C=CCOP(=O)(OCC=C)OC(C)C(C)(C)C(=O)Cl. The lowest BCUT2D eigenvalue weighted by Gasteiger charge is -2.30. The van der Waals surface area contributed by atoms with Crippen LogP contribution in [0.5, 0.6) is 0 Å². The average Bonchev–Trinajstić information content (AvgIpc) is 2.33. The Hall–Kier alpha value is -0.450. The second kappa shape index (κ2) is 7.98. The molecule has 0 rings (SSSR count). The van der Waals surface area contributed by atoms with Crippen molar-refractivity contribution in [3.8, 4) is 0 Å². The van der Waals surface area contributed by atoms with Crippen LogP contribution in [0.25, 0.3) is 0 Å². The fraction of sp³-hybridized carbons (Fsp3) is 0.583. The molecule has 0 fully saturated rings. The maximum Gasteiger partial charge on any atom is 0.475 e. The first-order chi connectivity index (χ1) is 8.69. The Kier molecular flexibility index (Phi) is 7.79. The Morgan fingerprint density at radius 2 is 1.74 bits per heavy atom. The molecule has 0 saturated heterocycles. The van der Waals surface area contributed by atoms with E-state index in [9.17, 15) is 9.36 Å². The molecule has 0 aromatic heterocycles. The Balaban J connectivity index is 4.89. The van der Waals surface area contributed by atoms with E-state index in [1.54, 1.807) is 20.8 Å².